The van der Waals surface area contributed by atoms with Crippen molar-refractivity contribution in [3.05, 3.63) is 29.3 Å². The Morgan fingerprint density at radius 1 is 1.33 bits per heavy atom. The Bertz CT molecular complexity index is 415. The summed E-state index contributed by atoms with van der Waals surface area (Å²) in [6, 6.07) is 5.99. The summed E-state index contributed by atoms with van der Waals surface area (Å²) in [5.41, 5.74) is 2.78. The predicted octanol–water partition coefficient (Wildman–Crippen LogP) is 3.20. The Labute approximate surface area is 110 Å². The second-order valence-corrected chi connectivity index (χ2v) is 4.93. The van der Waals surface area contributed by atoms with E-state index in [2.05, 4.69) is 31.4 Å². The lowest BCUT2D eigenvalue weighted by atomic mass is 10.00. The molecule has 0 saturated carbocycles. The van der Waals surface area contributed by atoms with Crippen molar-refractivity contribution in [2.45, 2.75) is 40.2 Å². The van der Waals surface area contributed by atoms with Gasteiger partial charge in [0.1, 0.15) is 0 Å². The van der Waals surface area contributed by atoms with E-state index in [9.17, 15) is 4.79 Å². The van der Waals surface area contributed by atoms with Crippen molar-refractivity contribution in [2.24, 2.45) is 5.92 Å². The summed E-state index contributed by atoms with van der Waals surface area (Å²) < 4.78 is 0. The van der Waals surface area contributed by atoms with Crippen molar-refractivity contribution in [1.29, 1.82) is 0 Å². The van der Waals surface area contributed by atoms with Crippen molar-refractivity contribution in [3.8, 4) is 0 Å². The van der Waals surface area contributed by atoms with Crippen LogP contribution in [0.15, 0.2) is 18.2 Å². The molecule has 18 heavy (non-hydrogen) atoms. The zero-order valence-electron chi connectivity index (χ0n) is 12.0. The molecule has 2 unspecified atom stereocenters. The largest absolute Gasteiger partial charge is 0.388 e. The summed E-state index contributed by atoms with van der Waals surface area (Å²) in [4.78, 5) is 12.2. The van der Waals surface area contributed by atoms with Crippen LogP contribution < -0.4 is 10.6 Å². The fraction of sp³-hybridized carbons (Fsp3) is 0.533. The summed E-state index contributed by atoms with van der Waals surface area (Å²) in [6.45, 7) is 8.31. The molecule has 0 radical (unpaired) electrons. The average molecular weight is 248 g/mol. The Morgan fingerprint density at radius 3 is 2.50 bits per heavy atom. The minimum absolute atomic E-state index is 0.0166. The molecular formula is C15H24N2O. The van der Waals surface area contributed by atoms with Gasteiger partial charge in [-0.1, -0.05) is 20.3 Å². The molecule has 1 aromatic carbocycles. The number of carbonyl (C=O) groups excluding carboxylic acids is 1. The van der Waals surface area contributed by atoms with E-state index < -0.39 is 0 Å². The third-order valence-corrected chi connectivity index (χ3v) is 3.62. The van der Waals surface area contributed by atoms with E-state index in [1.54, 1.807) is 0 Å². The van der Waals surface area contributed by atoms with Crippen molar-refractivity contribution in [1.82, 2.24) is 5.32 Å². The third kappa shape index (κ3) is 3.49. The molecule has 2 N–H and O–H groups in total. The molecule has 100 valence electrons. The molecule has 1 rings (SSSR count). The first kappa shape index (κ1) is 14.6. The van der Waals surface area contributed by atoms with E-state index in [0.29, 0.717) is 5.92 Å². The first-order valence-electron chi connectivity index (χ1n) is 6.58. The molecule has 0 spiro atoms. The van der Waals surface area contributed by atoms with Gasteiger partial charge in [0, 0.05) is 24.3 Å². The standard InChI is InChI=1S/C15H24N2O/c1-6-10(2)12(4)17-15(18)14-8-7-13(16-5)9-11(14)3/h7-10,12,16H,6H2,1-5H3,(H,17,18). The van der Waals surface area contributed by atoms with Gasteiger partial charge in [0.2, 0.25) is 0 Å². The lowest BCUT2D eigenvalue weighted by molar-refractivity contribution is 0.0927. The summed E-state index contributed by atoms with van der Waals surface area (Å²) in [7, 11) is 1.87. The number of rotatable bonds is 5. The second-order valence-electron chi connectivity index (χ2n) is 4.93. The van der Waals surface area contributed by atoms with Gasteiger partial charge in [-0.15, -0.1) is 0 Å². The smallest absolute Gasteiger partial charge is 0.251 e. The van der Waals surface area contributed by atoms with E-state index in [-0.39, 0.29) is 11.9 Å². The van der Waals surface area contributed by atoms with Gasteiger partial charge in [-0.05, 0) is 43.5 Å². The van der Waals surface area contributed by atoms with E-state index >= 15 is 0 Å². The fourth-order valence-electron chi connectivity index (χ4n) is 1.85. The first-order valence-corrected chi connectivity index (χ1v) is 6.58. The lowest BCUT2D eigenvalue weighted by Gasteiger charge is -2.20. The molecule has 0 aliphatic rings. The number of carbonyl (C=O) groups is 1. The van der Waals surface area contributed by atoms with E-state index in [4.69, 9.17) is 0 Å². The molecular weight excluding hydrogens is 224 g/mol. The minimum atomic E-state index is 0.0166. The molecule has 0 aromatic heterocycles. The maximum atomic E-state index is 12.2. The van der Waals surface area contributed by atoms with E-state index in [1.165, 1.54) is 0 Å². The van der Waals surface area contributed by atoms with Crippen LogP contribution in [0.4, 0.5) is 5.69 Å². The molecule has 0 heterocycles. The van der Waals surface area contributed by atoms with Crippen LogP contribution >= 0.6 is 0 Å². The minimum Gasteiger partial charge on any atom is -0.388 e. The highest BCUT2D eigenvalue weighted by atomic mass is 16.1. The van der Waals surface area contributed by atoms with Crippen molar-refractivity contribution in [2.75, 3.05) is 12.4 Å². The topological polar surface area (TPSA) is 41.1 Å². The van der Waals surface area contributed by atoms with Gasteiger partial charge in [0.15, 0.2) is 0 Å². The van der Waals surface area contributed by atoms with Crippen molar-refractivity contribution < 1.29 is 4.79 Å². The quantitative estimate of drug-likeness (QED) is 0.840. The maximum absolute atomic E-state index is 12.2. The first-order chi connectivity index (χ1) is 8.49. The molecule has 0 aliphatic carbocycles. The highest BCUT2D eigenvalue weighted by Gasteiger charge is 2.15. The molecule has 0 aliphatic heterocycles. The summed E-state index contributed by atoms with van der Waals surface area (Å²) in [5.74, 6) is 0.508. The molecule has 1 amide bonds. The molecule has 0 fully saturated rings. The molecule has 1 aromatic rings. The van der Waals surface area contributed by atoms with Crippen LogP contribution in [-0.4, -0.2) is 19.0 Å². The van der Waals surface area contributed by atoms with Gasteiger partial charge in [0.05, 0.1) is 0 Å². The van der Waals surface area contributed by atoms with Gasteiger partial charge < -0.3 is 10.6 Å². The van der Waals surface area contributed by atoms with Crippen molar-refractivity contribution >= 4 is 11.6 Å². The summed E-state index contributed by atoms with van der Waals surface area (Å²) in [6.07, 6.45) is 1.07. The van der Waals surface area contributed by atoms with E-state index in [1.807, 2.05) is 32.2 Å². The van der Waals surface area contributed by atoms with Gasteiger partial charge in [0.25, 0.3) is 5.91 Å². The fourth-order valence-corrected chi connectivity index (χ4v) is 1.85. The Kier molecular flexibility index (Phi) is 5.20. The Hall–Kier alpha value is -1.51. The zero-order valence-corrected chi connectivity index (χ0v) is 12.0. The van der Waals surface area contributed by atoms with Crippen LogP contribution in [0.25, 0.3) is 0 Å². The highest BCUT2D eigenvalue weighted by Crippen LogP contribution is 2.15. The highest BCUT2D eigenvalue weighted by molar-refractivity contribution is 5.96. The van der Waals surface area contributed by atoms with Gasteiger partial charge in [-0.2, -0.15) is 0 Å². The Morgan fingerprint density at radius 2 is 2.00 bits per heavy atom. The molecule has 3 nitrogen and oxygen atoms in total. The molecule has 0 bridgehead atoms. The van der Waals surface area contributed by atoms with E-state index in [0.717, 1.165) is 23.2 Å². The number of amides is 1. The second kappa shape index (κ2) is 6.43. The molecule has 2 atom stereocenters. The van der Waals surface area contributed by atoms with Crippen LogP contribution in [-0.2, 0) is 0 Å². The number of anilines is 1. The van der Waals surface area contributed by atoms with Gasteiger partial charge >= 0.3 is 0 Å². The van der Waals surface area contributed by atoms with Crippen LogP contribution in [0.2, 0.25) is 0 Å². The number of nitrogens with one attached hydrogen (secondary N) is 2. The third-order valence-electron chi connectivity index (χ3n) is 3.62. The summed E-state index contributed by atoms with van der Waals surface area (Å²) >= 11 is 0. The van der Waals surface area contributed by atoms with Crippen molar-refractivity contribution in [3.63, 3.8) is 0 Å². The number of benzene rings is 1. The van der Waals surface area contributed by atoms with Gasteiger partial charge in [-0.3, -0.25) is 4.79 Å². The molecule has 0 saturated heterocycles. The maximum Gasteiger partial charge on any atom is 0.251 e. The average Bonchev–Trinajstić information content (AvgIpc) is 2.37. The van der Waals surface area contributed by atoms with Crippen LogP contribution in [0.3, 0.4) is 0 Å². The SMILES string of the molecule is CCC(C)C(C)NC(=O)c1ccc(NC)cc1C. The van der Waals surface area contributed by atoms with Crippen LogP contribution in [0, 0.1) is 12.8 Å². The number of hydrogen-bond donors (Lipinski definition) is 2. The number of hydrogen-bond acceptors (Lipinski definition) is 2. The molecule has 3 heteroatoms. The monoisotopic (exact) mass is 248 g/mol. The predicted molar refractivity (Wildman–Crippen MR) is 77.1 cm³/mol. The lowest BCUT2D eigenvalue weighted by Crippen LogP contribution is -2.37. The summed E-state index contributed by atoms with van der Waals surface area (Å²) in [5, 5.41) is 6.14. The Balaban J connectivity index is 2.78. The zero-order chi connectivity index (χ0) is 13.7. The normalized spacial score (nSPS) is 13.8. The number of aryl methyl sites for hydroxylation is 1. The van der Waals surface area contributed by atoms with Gasteiger partial charge in [-0.25, -0.2) is 0 Å². The van der Waals surface area contributed by atoms with Crippen LogP contribution in [0.1, 0.15) is 43.1 Å². The van der Waals surface area contributed by atoms with Crippen LogP contribution in [0.5, 0.6) is 0 Å².